The van der Waals surface area contributed by atoms with Gasteiger partial charge in [-0.25, -0.2) is 0 Å². The van der Waals surface area contributed by atoms with Gasteiger partial charge in [0, 0.05) is 12.1 Å². The maximum absolute atomic E-state index is 12.1. The highest BCUT2D eigenvalue weighted by molar-refractivity contribution is 6.21. The fourth-order valence-corrected chi connectivity index (χ4v) is 2.40. The zero-order valence-corrected chi connectivity index (χ0v) is 13.1. The molecule has 1 unspecified atom stereocenters. The van der Waals surface area contributed by atoms with E-state index in [4.69, 9.17) is 11.6 Å². The summed E-state index contributed by atoms with van der Waals surface area (Å²) >= 11 is 6.16. The van der Waals surface area contributed by atoms with Gasteiger partial charge in [0.1, 0.15) is 5.75 Å². The lowest BCUT2D eigenvalue weighted by Gasteiger charge is -2.22. The highest BCUT2D eigenvalue weighted by Gasteiger charge is 2.18. The summed E-state index contributed by atoms with van der Waals surface area (Å²) < 4.78 is 28.5. The lowest BCUT2D eigenvalue weighted by atomic mass is 9.90. The summed E-state index contributed by atoms with van der Waals surface area (Å²) in [7, 11) is 0. The van der Waals surface area contributed by atoms with Gasteiger partial charge in [-0.05, 0) is 30.0 Å². The quantitative estimate of drug-likeness (QED) is 0.803. The lowest BCUT2D eigenvalue weighted by Crippen LogP contribution is -2.31. The summed E-state index contributed by atoms with van der Waals surface area (Å²) in [6.45, 7) is 3.60. The van der Waals surface area contributed by atoms with Crippen LogP contribution in [-0.2, 0) is 0 Å². The molecule has 1 atom stereocenters. The minimum atomic E-state index is -2.91. The third kappa shape index (κ3) is 7.27. The summed E-state index contributed by atoms with van der Waals surface area (Å²) in [5, 5.41) is 2.50. The Kier molecular flexibility index (Phi) is 6.40. The molecule has 1 aromatic rings. The first kappa shape index (κ1) is 17.7. The Hall–Kier alpha value is -1.36. The maximum atomic E-state index is 12.1. The van der Waals surface area contributed by atoms with Gasteiger partial charge in [0.25, 0.3) is 5.91 Å². The van der Waals surface area contributed by atoms with Crippen LogP contribution in [0.25, 0.3) is 0 Å². The molecule has 0 fully saturated rings. The summed E-state index contributed by atoms with van der Waals surface area (Å²) in [6.07, 6.45) is 0.753. The van der Waals surface area contributed by atoms with Crippen molar-refractivity contribution in [3.63, 3.8) is 0 Å². The molecular weight excluding hydrogens is 300 g/mol. The van der Waals surface area contributed by atoms with Gasteiger partial charge in [-0.15, -0.1) is 11.6 Å². The van der Waals surface area contributed by atoms with Crippen LogP contribution in [0.1, 0.15) is 37.6 Å². The number of hydrogen-bond donors (Lipinski definition) is 1. The number of ether oxygens (including phenoxy) is 1. The van der Waals surface area contributed by atoms with Gasteiger partial charge in [-0.2, -0.15) is 8.78 Å². The van der Waals surface area contributed by atoms with Crippen molar-refractivity contribution in [2.75, 3.05) is 6.54 Å². The fraction of sp³-hybridized carbons (Fsp3) is 0.533. The summed E-state index contributed by atoms with van der Waals surface area (Å²) in [5.74, 6) is -0.413. The van der Waals surface area contributed by atoms with Crippen LogP contribution in [0.2, 0.25) is 0 Å². The lowest BCUT2D eigenvalue weighted by molar-refractivity contribution is -0.0498. The van der Waals surface area contributed by atoms with Crippen molar-refractivity contribution < 1.29 is 18.3 Å². The minimum Gasteiger partial charge on any atom is -0.435 e. The predicted octanol–water partition coefficient (Wildman–Crippen LogP) is 4.06. The van der Waals surface area contributed by atoms with E-state index in [1.165, 1.54) is 24.3 Å². The Morgan fingerprint density at radius 3 is 2.62 bits per heavy atom. The van der Waals surface area contributed by atoms with Crippen LogP contribution in [0.3, 0.4) is 0 Å². The second kappa shape index (κ2) is 7.59. The van der Waals surface area contributed by atoms with Crippen LogP contribution < -0.4 is 10.1 Å². The number of nitrogens with one attached hydrogen (secondary N) is 1. The second-order valence-corrected chi connectivity index (χ2v) is 6.60. The zero-order valence-electron chi connectivity index (χ0n) is 12.3. The molecule has 0 aliphatic carbocycles. The molecule has 1 aromatic carbocycles. The molecule has 0 aliphatic heterocycles. The molecule has 0 aliphatic rings. The molecule has 118 valence electrons. The largest absolute Gasteiger partial charge is 0.435 e. The predicted molar refractivity (Wildman–Crippen MR) is 79.1 cm³/mol. The van der Waals surface area contributed by atoms with E-state index in [9.17, 15) is 13.6 Å². The van der Waals surface area contributed by atoms with Crippen LogP contribution >= 0.6 is 11.6 Å². The first-order valence-corrected chi connectivity index (χ1v) is 7.08. The van der Waals surface area contributed by atoms with Crippen LogP contribution in [0.15, 0.2) is 24.3 Å². The van der Waals surface area contributed by atoms with Crippen molar-refractivity contribution >= 4 is 17.5 Å². The molecule has 0 bridgehead atoms. The average molecular weight is 320 g/mol. The number of carbonyl (C=O) groups excluding carboxylic acids is 1. The van der Waals surface area contributed by atoms with E-state index in [1.54, 1.807) is 0 Å². The molecule has 3 nitrogen and oxygen atoms in total. The van der Waals surface area contributed by atoms with Gasteiger partial charge >= 0.3 is 6.61 Å². The molecule has 1 N–H and O–H groups in total. The van der Waals surface area contributed by atoms with Crippen molar-refractivity contribution in [1.82, 2.24) is 5.32 Å². The van der Waals surface area contributed by atoms with Crippen LogP contribution in [0.5, 0.6) is 5.75 Å². The summed E-state index contributed by atoms with van der Waals surface area (Å²) in [4.78, 5) is 11.9. The fourth-order valence-electron chi connectivity index (χ4n) is 1.86. The third-order valence-corrected chi connectivity index (χ3v) is 2.95. The smallest absolute Gasteiger partial charge is 0.387 e. The molecule has 6 heteroatoms. The maximum Gasteiger partial charge on any atom is 0.387 e. The Balaban J connectivity index is 2.56. The van der Waals surface area contributed by atoms with Gasteiger partial charge in [0.05, 0.1) is 5.38 Å². The normalized spacial score (nSPS) is 13.1. The van der Waals surface area contributed by atoms with Crippen molar-refractivity contribution in [3.8, 4) is 5.75 Å². The van der Waals surface area contributed by atoms with Gasteiger partial charge < -0.3 is 10.1 Å². The molecule has 0 saturated heterocycles. The number of rotatable bonds is 6. The van der Waals surface area contributed by atoms with E-state index in [0.29, 0.717) is 6.54 Å². The number of benzene rings is 1. The number of halogens is 3. The third-order valence-electron chi connectivity index (χ3n) is 2.64. The van der Waals surface area contributed by atoms with Crippen molar-refractivity contribution in [2.45, 2.75) is 39.2 Å². The van der Waals surface area contributed by atoms with Crippen LogP contribution in [0, 0.1) is 5.41 Å². The molecule has 0 saturated carbocycles. The Labute approximate surface area is 128 Å². The van der Waals surface area contributed by atoms with Crippen LogP contribution in [-0.4, -0.2) is 24.4 Å². The molecule has 0 aromatic heterocycles. The monoisotopic (exact) mass is 319 g/mol. The first-order chi connectivity index (χ1) is 9.67. The van der Waals surface area contributed by atoms with Crippen molar-refractivity contribution in [2.24, 2.45) is 5.41 Å². The first-order valence-electron chi connectivity index (χ1n) is 6.64. The number of hydrogen-bond acceptors (Lipinski definition) is 2. The zero-order chi connectivity index (χ0) is 16.0. The van der Waals surface area contributed by atoms with E-state index in [2.05, 4.69) is 30.8 Å². The molecular formula is C15H20ClF2NO2. The molecule has 1 rings (SSSR count). The summed E-state index contributed by atoms with van der Waals surface area (Å²) in [6, 6.07) is 5.65. The van der Waals surface area contributed by atoms with Crippen molar-refractivity contribution in [3.05, 3.63) is 29.8 Å². The second-order valence-electron chi connectivity index (χ2n) is 5.98. The SMILES string of the molecule is CC(C)(C)CC(Cl)CNC(=O)c1cccc(OC(F)F)c1. The van der Waals surface area contributed by atoms with E-state index >= 15 is 0 Å². The standard InChI is InChI=1S/C15H20ClF2NO2/c1-15(2,3)8-11(16)9-19-13(20)10-5-4-6-12(7-10)21-14(17)18/h4-7,11,14H,8-9H2,1-3H3,(H,19,20). The summed E-state index contributed by atoms with van der Waals surface area (Å²) in [5.41, 5.74) is 0.329. The van der Waals surface area contributed by atoms with Crippen LogP contribution in [0.4, 0.5) is 8.78 Å². The Morgan fingerprint density at radius 1 is 1.38 bits per heavy atom. The number of alkyl halides is 3. The topological polar surface area (TPSA) is 38.3 Å². The molecule has 21 heavy (non-hydrogen) atoms. The van der Waals surface area contributed by atoms with Gasteiger partial charge in [0.15, 0.2) is 0 Å². The highest BCUT2D eigenvalue weighted by Crippen LogP contribution is 2.23. The highest BCUT2D eigenvalue weighted by atomic mass is 35.5. The minimum absolute atomic E-state index is 0.0465. The van der Waals surface area contributed by atoms with E-state index < -0.39 is 6.61 Å². The van der Waals surface area contributed by atoms with Gasteiger partial charge in [-0.1, -0.05) is 26.8 Å². The van der Waals surface area contributed by atoms with Gasteiger partial charge in [-0.3, -0.25) is 4.79 Å². The van der Waals surface area contributed by atoms with Gasteiger partial charge in [0.2, 0.25) is 0 Å². The molecule has 0 radical (unpaired) electrons. The molecule has 0 heterocycles. The number of amides is 1. The number of carbonyl (C=O) groups is 1. The van der Waals surface area contributed by atoms with E-state index in [1.807, 2.05) is 0 Å². The Morgan fingerprint density at radius 2 is 2.05 bits per heavy atom. The average Bonchev–Trinajstić information content (AvgIpc) is 2.33. The Bertz CT molecular complexity index is 475. The van der Waals surface area contributed by atoms with E-state index in [0.717, 1.165) is 6.42 Å². The van der Waals surface area contributed by atoms with Crippen molar-refractivity contribution in [1.29, 1.82) is 0 Å². The molecule has 1 amide bonds. The molecule has 0 spiro atoms. The van der Waals surface area contributed by atoms with E-state index in [-0.39, 0.29) is 28.0 Å².